The summed E-state index contributed by atoms with van der Waals surface area (Å²) < 4.78 is 62.8. The molecule has 2 aromatic rings. The molecule has 28 heteroatoms. The number of nitrogen functional groups attached to an aromatic ring is 1. The Morgan fingerprint density at radius 3 is 2.42 bits per heavy atom. The first-order valence-electron chi connectivity index (χ1n) is 26.3. The molecule has 24 nitrogen and oxygen atoms in total. The molecule has 76 heavy (non-hydrogen) atoms. The molecule has 428 valence electrons. The third-order valence-corrected chi connectivity index (χ3v) is 21.6. The Morgan fingerprint density at radius 1 is 0.961 bits per heavy atom. The van der Waals surface area contributed by atoms with Crippen molar-refractivity contribution in [2.75, 3.05) is 37.8 Å². The summed E-state index contributed by atoms with van der Waals surface area (Å²) in [5, 5.41) is 26.8. The van der Waals surface area contributed by atoms with Crippen molar-refractivity contribution in [3.63, 3.8) is 0 Å². The molecular weight excluding hydrogens is 1070 g/mol. The highest BCUT2D eigenvalue weighted by Gasteiger charge is 2.60. The molecule has 4 saturated carbocycles. The second-order valence-electron chi connectivity index (χ2n) is 22.8. The standard InChI is InChI=1S/C48H78N7O17P3S/c1-28(32-15-16-33-31-14-13-30-12-7-8-19-47(30,5)34(31)17-20-48(32,33)6)10-9-11-29(2)45(60)76-23-22-50-36(56)18-21-51-43(59)40(58)46(3,4)25-69-75(66,67)72-74(64,65)68-24-35-39(71-73(61,62)63)38(57)44(70-35)55-27-54-37-41(49)52-26-53-42(37)55/h11,26-28,30-35,38-40,44,57-58H,7-10,12-25H2,1-6H3,(H,50,56)(H,51,59)(H,64,65)(H,66,67)(H2,49,52,53)(H2,61,62,63)/t28-,30+,31+,32-,33+,34+,35-,38-,39-,40+,44-,47+,48-/m1/s1. The Balaban J connectivity index is 0.772. The fourth-order valence-electron chi connectivity index (χ4n) is 13.5. The molecular formula is C48H78N7O17P3S. The van der Waals surface area contributed by atoms with Gasteiger partial charge in [0.05, 0.1) is 19.5 Å². The quantitative estimate of drug-likeness (QED) is 0.0327. The summed E-state index contributed by atoms with van der Waals surface area (Å²) >= 11 is 1.13. The predicted molar refractivity (Wildman–Crippen MR) is 279 cm³/mol. The smallest absolute Gasteiger partial charge is 0.386 e. The van der Waals surface area contributed by atoms with E-state index in [1.54, 1.807) is 0 Å². The molecule has 7 rings (SSSR count). The Hall–Kier alpha value is -2.70. The second-order valence-corrected chi connectivity index (χ2v) is 28.1. The number of hydrogen-bond donors (Lipinski definition) is 9. The van der Waals surface area contributed by atoms with Crippen LogP contribution in [0, 0.1) is 51.8 Å². The first kappa shape index (κ1) is 60.9. The van der Waals surface area contributed by atoms with Crippen molar-refractivity contribution in [2.24, 2.45) is 51.8 Å². The zero-order chi connectivity index (χ0) is 55.6. The monoisotopic (exact) mass is 1150 g/mol. The first-order valence-corrected chi connectivity index (χ1v) is 31.8. The van der Waals surface area contributed by atoms with Gasteiger partial charge in [-0.05, 0) is 123 Å². The molecule has 0 bridgehead atoms. The third kappa shape index (κ3) is 14.2. The van der Waals surface area contributed by atoms with Crippen molar-refractivity contribution in [2.45, 2.75) is 156 Å². The highest BCUT2D eigenvalue weighted by atomic mass is 32.2. The molecule has 4 aliphatic carbocycles. The van der Waals surface area contributed by atoms with E-state index in [2.05, 4.69) is 61.3 Å². The number of aliphatic hydroxyl groups is 2. The van der Waals surface area contributed by atoms with Crippen LogP contribution in [-0.2, 0) is 50.7 Å². The molecule has 5 fully saturated rings. The molecule has 15 atom stereocenters. The molecule has 2 unspecified atom stereocenters. The predicted octanol–water partition coefficient (Wildman–Crippen LogP) is 6.08. The van der Waals surface area contributed by atoms with Crippen molar-refractivity contribution in [1.29, 1.82) is 0 Å². The van der Waals surface area contributed by atoms with Crippen LogP contribution in [0.25, 0.3) is 11.2 Å². The van der Waals surface area contributed by atoms with E-state index < -0.39 is 84.6 Å². The van der Waals surface area contributed by atoms with E-state index in [4.69, 9.17) is 19.5 Å². The van der Waals surface area contributed by atoms with Crippen molar-refractivity contribution >= 4 is 69.1 Å². The number of ether oxygens (including phenoxy) is 1. The molecule has 0 spiro atoms. The Kier molecular flexibility index (Phi) is 19.7. The first-order chi connectivity index (χ1) is 35.6. The van der Waals surface area contributed by atoms with Crippen molar-refractivity contribution < 1.29 is 80.5 Å². The number of phosphoric ester groups is 3. The molecule has 1 saturated heterocycles. The summed E-state index contributed by atoms with van der Waals surface area (Å²) in [7, 11) is -16.4. The number of carbonyl (C=O) groups excluding carboxylic acids is 3. The molecule has 1 aliphatic heterocycles. The topological polar surface area (TPSA) is 364 Å². The SMILES string of the molecule is CC(=CCC[C@@H](C)[C@H]1CC[C@H]2[C@@H]3CC[C@@H]4CCCC[C@]4(C)[C@H]3CC[C@]12C)C(=O)SCCNC(=O)CCNC(=O)[C@H](O)C(C)(C)COP(=O)(O)OP(=O)(O)OC[C@H]1O[C@@H](n2cnc3c(N)ncnc32)[C@H](O)[C@@H]1OP(=O)(O)O. The van der Waals surface area contributed by atoms with Gasteiger partial charge in [0.1, 0.15) is 36.3 Å². The normalized spacial score (nSPS) is 32.3. The summed E-state index contributed by atoms with van der Waals surface area (Å²) in [6.07, 6.45) is 11.0. The van der Waals surface area contributed by atoms with Gasteiger partial charge < -0.3 is 50.9 Å². The minimum absolute atomic E-state index is 0.0342. The lowest BCUT2D eigenvalue weighted by Gasteiger charge is -2.61. The van der Waals surface area contributed by atoms with Crippen LogP contribution in [0.2, 0.25) is 0 Å². The minimum Gasteiger partial charge on any atom is -0.386 e. The lowest BCUT2D eigenvalue weighted by atomic mass is 9.44. The summed E-state index contributed by atoms with van der Waals surface area (Å²) in [4.78, 5) is 89.8. The van der Waals surface area contributed by atoms with Crippen molar-refractivity contribution in [3.05, 3.63) is 24.3 Å². The largest absolute Gasteiger partial charge is 0.481 e. The van der Waals surface area contributed by atoms with E-state index in [1.165, 1.54) is 78.1 Å². The highest BCUT2D eigenvalue weighted by molar-refractivity contribution is 8.14. The molecule has 2 aromatic heterocycles. The number of amides is 2. The maximum Gasteiger partial charge on any atom is 0.481 e. The number of anilines is 1. The number of phosphoric acid groups is 3. The van der Waals surface area contributed by atoms with Crippen LogP contribution >= 0.6 is 35.2 Å². The third-order valence-electron chi connectivity index (χ3n) is 17.5. The van der Waals surface area contributed by atoms with Gasteiger partial charge in [0.2, 0.25) is 16.9 Å². The van der Waals surface area contributed by atoms with Crippen LogP contribution in [-0.4, -0.2) is 123 Å². The van der Waals surface area contributed by atoms with Gasteiger partial charge in [-0.25, -0.2) is 28.6 Å². The molecule has 5 aliphatic rings. The van der Waals surface area contributed by atoms with Crippen LogP contribution in [0.5, 0.6) is 0 Å². The minimum atomic E-state index is -5.59. The number of aliphatic hydroxyl groups excluding tert-OH is 2. The summed E-state index contributed by atoms with van der Waals surface area (Å²) in [5.41, 5.74) is 5.95. The van der Waals surface area contributed by atoms with Crippen LogP contribution in [0.3, 0.4) is 0 Å². The number of nitrogens with zero attached hydrogens (tertiary/aromatic N) is 4. The lowest BCUT2D eigenvalue weighted by molar-refractivity contribution is -0.137. The number of nitrogens with one attached hydrogen (secondary N) is 2. The Bertz CT molecular complexity index is 2590. The van der Waals surface area contributed by atoms with Crippen LogP contribution in [0.1, 0.15) is 131 Å². The number of thioether (sulfide) groups is 1. The summed E-state index contributed by atoms with van der Waals surface area (Å²) in [6.45, 7) is 10.1. The zero-order valence-corrected chi connectivity index (χ0v) is 47.6. The number of nitrogens with two attached hydrogens (primary N) is 1. The van der Waals surface area contributed by atoms with Crippen molar-refractivity contribution in [1.82, 2.24) is 30.2 Å². The number of carbonyl (C=O) groups is 3. The highest BCUT2D eigenvalue weighted by Crippen LogP contribution is 2.68. The lowest BCUT2D eigenvalue weighted by Crippen LogP contribution is -2.53. The van der Waals surface area contributed by atoms with Gasteiger partial charge in [0, 0.05) is 30.7 Å². The van der Waals surface area contributed by atoms with Gasteiger partial charge in [0.15, 0.2) is 17.7 Å². The molecule has 0 radical (unpaired) electrons. The molecule has 2 amide bonds. The zero-order valence-electron chi connectivity index (χ0n) is 44.1. The van der Waals surface area contributed by atoms with E-state index in [-0.39, 0.29) is 41.6 Å². The number of allylic oxidation sites excluding steroid dienone is 1. The van der Waals surface area contributed by atoms with E-state index in [1.807, 2.05) is 6.92 Å². The molecule has 0 aromatic carbocycles. The van der Waals surface area contributed by atoms with Crippen LogP contribution in [0.15, 0.2) is 24.3 Å². The van der Waals surface area contributed by atoms with Crippen LogP contribution in [0.4, 0.5) is 5.82 Å². The van der Waals surface area contributed by atoms with E-state index >= 15 is 0 Å². The van der Waals surface area contributed by atoms with Gasteiger partial charge >= 0.3 is 23.5 Å². The number of fused-ring (bicyclic) bond motifs is 6. The maximum atomic E-state index is 13.0. The van der Waals surface area contributed by atoms with E-state index in [0.29, 0.717) is 28.1 Å². The fourth-order valence-corrected chi connectivity index (χ4v) is 17.0. The van der Waals surface area contributed by atoms with Gasteiger partial charge in [-0.1, -0.05) is 65.3 Å². The van der Waals surface area contributed by atoms with E-state index in [9.17, 15) is 57.9 Å². The Labute approximate surface area is 447 Å². The average molecular weight is 1150 g/mol. The van der Waals surface area contributed by atoms with E-state index in [0.717, 1.165) is 71.4 Å². The molecule has 3 heterocycles. The maximum absolute atomic E-state index is 13.0. The number of rotatable bonds is 24. The fraction of sp³-hybridized carbons (Fsp3) is 0.792. The number of aromatic nitrogens is 4. The average Bonchev–Trinajstić information content (AvgIpc) is 4.03. The Morgan fingerprint density at radius 2 is 1.68 bits per heavy atom. The summed E-state index contributed by atoms with van der Waals surface area (Å²) in [6, 6.07) is 0. The number of imidazole rings is 1. The van der Waals surface area contributed by atoms with Gasteiger partial charge in [-0.15, -0.1) is 0 Å². The molecule has 10 N–H and O–H groups in total. The second kappa shape index (κ2) is 24.6. The summed E-state index contributed by atoms with van der Waals surface area (Å²) in [5.74, 6) is 3.78. The van der Waals surface area contributed by atoms with Gasteiger partial charge in [0.25, 0.3) is 0 Å². The van der Waals surface area contributed by atoms with Gasteiger partial charge in [-0.3, -0.25) is 32.5 Å². The number of hydrogen-bond acceptors (Lipinski definition) is 18. The van der Waals surface area contributed by atoms with Crippen molar-refractivity contribution in [3.8, 4) is 0 Å². The van der Waals surface area contributed by atoms with Gasteiger partial charge in [-0.2, -0.15) is 4.31 Å². The van der Waals surface area contributed by atoms with Crippen LogP contribution < -0.4 is 16.4 Å².